The summed E-state index contributed by atoms with van der Waals surface area (Å²) < 4.78 is 13.5. The average molecular weight is 307 g/mol. The Morgan fingerprint density at radius 1 is 1.24 bits per heavy atom. The van der Waals surface area contributed by atoms with Gasteiger partial charge in [-0.3, -0.25) is 4.79 Å². The summed E-state index contributed by atoms with van der Waals surface area (Å²) >= 11 is 5.91. The number of hydrogen-bond donors (Lipinski definition) is 1. The van der Waals surface area contributed by atoms with Crippen molar-refractivity contribution in [1.29, 1.82) is 0 Å². The van der Waals surface area contributed by atoms with E-state index >= 15 is 0 Å². The number of benzene rings is 2. The van der Waals surface area contributed by atoms with Crippen molar-refractivity contribution in [3.05, 3.63) is 58.9 Å². The largest absolute Gasteiger partial charge is 0.397 e. The van der Waals surface area contributed by atoms with Gasteiger partial charge in [0.15, 0.2) is 0 Å². The molecular weight excluding hydrogens is 291 g/mol. The van der Waals surface area contributed by atoms with Gasteiger partial charge in [0, 0.05) is 6.54 Å². The highest BCUT2D eigenvalue weighted by Crippen LogP contribution is 2.27. The van der Waals surface area contributed by atoms with Gasteiger partial charge in [-0.25, -0.2) is 4.39 Å². The van der Waals surface area contributed by atoms with E-state index in [1.807, 2.05) is 6.92 Å². The van der Waals surface area contributed by atoms with Crippen LogP contribution < -0.4 is 10.6 Å². The molecule has 3 nitrogen and oxygen atoms in total. The predicted molar refractivity (Wildman–Crippen MR) is 84.2 cm³/mol. The third-order valence-corrected chi connectivity index (χ3v) is 3.49. The molecule has 0 aromatic heterocycles. The maximum atomic E-state index is 13.5. The smallest absolute Gasteiger partial charge is 0.259 e. The van der Waals surface area contributed by atoms with Gasteiger partial charge < -0.3 is 10.6 Å². The summed E-state index contributed by atoms with van der Waals surface area (Å²) in [6.07, 6.45) is 0.743. The second-order valence-electron chi connectivity index (χ2n) is 4.62. The third-order valence-electron chi connectivity index (χ3n) is 3.10. The molecular formula is C16H16ClFN2O. The fraction of sp³-hybridized carbons (Fsp3) is 0.188. The number of rotatable bonds is 4. The van der Waals surface area contributed by atoms with Gasteiger partial charge in [-0.05, 0) is 30.7 Å². The Bertz CT molecular complexity index is 660. The Labute approximate surface area is 128 Å². The van der Waals surface area contributed by atoms with Crippen molar-refractivity contribution >= 4 is 28.9 Å². The van der Waals surface area contributed by atoms with Gasteiger partial charge in [-0.15, -0.1) is 0 Å². The van der Waals surface area contributed by atoms with Gasteiger partial charge in [0.1, 0.15) is 5.82 Å². The van der Waals surface area contributed by atoms with Gasteiger partial charge in [0.25, 0.3) is 5.91 Å². The van der Waals surface area contributed by atoms with E-state index < -0.39 is 5.82 Å². The number of halogens is 2. The number of amides is 1. The van der Waals surface area contributed by atoms with Gasteiger partial charge >= 0.3 is 0 Å². The molecule has 2 aromatic rings. The van der Waals surface area contributed by atoms with Crippen LogP contribution in [0.5, 0.6) is 0 Å². The minimum absolute atomic E-state index is 0.133. The summed E-state index contributed by atoms with van der Waals surface area (Å²) in [5.74, 6) is -0.973. The van der Waals surface area contributed by atoms with E-state index in [9.17, 15) is 9.18 Å². The van der Waals surface area contributed by atoms with Crippen LogP contribution in [0.1, 0.15) is 23.7 Å². The maximum Gasteiger partial charge on any atom is 0.259 e. The molecule has 0 spiro atoms. The normalized spacial score (nSPS) is 10.4. The first kappa shape index (κ1) is 15.3. The second-order valence-corrected chi connectivity index (χ2v) is 4.99. The van der Waals surface area contributed by atoms with E-state index in [1.54, 1.807) is 24.3 Å². The molecule has 2 aromatic carbocycles. The van der Waals surface area contributed by atoms with Crippen LogP contribution in [-0.2, 0) is 0 Å². The molecule has 0 aliphatic rings. The van der Waals surface area contributed by atoms with E-state index in [0.717, 1.165) is 6.42 Å². The quantitative estimate of drug-likeness (QED) is 0.864. The lowest BCUT2D eigenvalue weighted by Gasteiger charge is -2.24. The Morgan fingerprint density at radius 2 is 1.95 bits per heavy atom. The molecule has 0 saturated carbocycles. The van der Waals surface area contributed by atoms with Crippen LogP contribution in [0.2, 0.25) is 5.02 Å². The predicted octanol–water partition coefficient (Wildman–Crippen LogP) is 4.12. The highest BCUT2D eigenvalue weighted by molar-refractivity contribution is 6.34. The molecule has 0 aliphatic heterocycles. The number of carbonyl (C=O) groups excluding carboxylic acids is 1. The number of carbonyl (C=O) groups is 1. The van der Waals surface area contributed by atoms with E-state index in [0.29, 0.717) is 17.9 Å². The first-order chi connectivity index (χ1) is 10.1. The van der Waals surface area contributed by atoms with Crippen LogP contribution in [0.4, 0.5) is 15.8 Å². The Hall–Kier alpha value is -2.07. The molecule has 0 aliphatic carbocycles. The molecule has 1 amide bonds. The molecule has 0 bridgehead atoms. The topological polar surface area (TPSA) is 46.3 Å². The molecule has 0 radical (unpaired) electrons. The molecule has 5 heteroatoms. The molecule has 0 atom stereocenters. The minimum Gasteiger partial charge on any atom is -0.397 e. The summed E-state index contributed by atoms with van der Waals surface area (Å²) in [5, 5.41) is -0.168. The standard InChI is InChI=1S/C16H16ClFN2O/c1-2-10-20(14-9-4-3-8-13(14)19)16(21)11-6-5-7-12(18)15(11)17/h3-9H,2,10,19H2,1H3. The fourth-order valence-corrected chi connectivity index (χ4v) is 2.31. The highest BCUT2D eigenvalue weighted by Gasteiger charge is 2.22. The zero-order chi connectivity index (χ0) is 15.4. The van der Waals surface area contributed by atoms with Crippen molar-refractivity contribution in [2.75, 3.05) is 17.2 Å². The van der Waals surface area contributed by atoms with Crippen molar-refractivity contribution < 1.29 is 9.18 Å². The number of nitrogens with two attached hydrogens (primary N) is 1. The van der Waals surface area contributed by atoms with Crippen LogP contribution in [0, 0.1) is 5.82 Å². The van der Waals surface area contributed by atoms with E-state index in [-0.39, 0.29) is 16.5 Å². The first-order valence-electron chi connectivity index (χ1n) is 6.66. The molecule has 0 fully saturated rings. The van der Waals surface area contributed by atoms with Crippen LogP contribution in [-0.4, -0.2) is 12.5 Å². The van der Waals surface area contributed by atoms with Gasteiger partial charge in [0.2, 0.25) is 0 Å². The van der Waals surface area contributed by atoms with Crippen molar-refractivity contribution in [3.63, 3.8) is 0 Å². The average Bonchev–Trinajstić information content (AvgIpc) is 2.48. The van der Waals surface area contributed by atoms with Gasteiger partial charge in [-0.2, -0.15) is 0 Å². The lowest BCUT2D eigenvalue weighted by molar-refractivity contribution is 0.0986. The number of nitrogen functional groups attached to an aromatic ring is 1. The van der Waals surface area contributed by atoms with E-state index in [2.05, 4.69) is 0 Å². The number of nitrogens with zero attached hydrogens (tertiary/aromatic N) is 1. The monoisotopic (exact) mass is 306 g/mol. The Kier molecular flexibility index (Phi) is 4.81. The lowest BCUT2D eigenvalue weighted by Crippen LogP contribution is -2.32. The van der Waals surface area contributed by atoms with Crippen LogP contribution in [0.15, 0.2) is 42.5 Å². The van der Waals surface area contributed by atoms with E-state index in [1.165, 1.54) is 23.1 Å². The summed E-state index contributed by atoms with van der Waals surface area (Å²) in [6, 6.07) is 11.3. The summed E-state index contributed by atoms with van der Waals surface area (Å²) in [5.41, 5.74) is 7.16. The second kappa shape index (κ2) is 6.59. The Morgan fingerprint density at radius 3 is 2.62 bits per heavy atom. The van der Waals surface area contributed by atoms with Gasteiger partial charge in [0.05, 0.1) is 22.0 Å². The van der Waals surface area contributed by atoms with Gasteiger partial charge in [-0.1, -0.05) is 36.7 Å². The van der Waals surface area contributed by atoms with Crippen molar-refractivity contribution in [1.82, 2.24) is 0 Å². The number of hydrogen-bond acceptors (Lipinski definition) is 2. The van der Waals surface area contributed by atoms with Crippen LogP contribution in [0.25, 0.3) is 0 Å². The van der Waals surface area contributed by atoms with Crippen LogP contribution >= 0.6 is 11.6 Å². The Balaban J connectivity index is 2.46. The highest BCUT2D eigenvalue weighted by atomic mass is 35.5. The summed E-state index contributed by atoms with van der Waals surface area (Å²) in [6.45, 7) is 2.42. The minimum atomic E-state index is -0.611. The van der Waals surface area contributed by atoms with E-state index in [4.69, 9.17) is 17.3 Å². The molecule has 2 rings (SSSR count). The molecule has 21 heavy (non-hydrogen) atoms. The zero-order valence-electron chi connectivity index (χ0n) is 11.6. The third kappa shape index (κ3) is 3.16. The number of anilines is 2. The molecule has 0 saturated heterocycles. The molecule has 0 unspecified atom stereocenters. The van der Waals surface area contributed by atoms with Crippen LogP contribution in [0.3, 0.4) is 0 Å². The SMILES string of the molecule is CCCN(C(=O)c1cccc(F)c1Cl)c1ccccc1N. The fourth-order valence-electron chi connectivity index (χ4n) is 2.10. The number of para-hydroxylation sites is 2. The first-order valence-corrected chi connectivity index (χ1v) is 7.04. The molecule has 2 N–H and O–H groups in total. The van der Waals surface area contributed by atoms with Crippen molar-refractivity contribution in [3.8, 4) is 0 Å². The molecule has 110 valence electrons. The zero-order valence-corrected chi connectivity index (χ0v) is 12.4. The molecule has 0 heterocycles. The summed E-state index contributed by atoms with van der Waals surface area (Å²) in [4.78, 5) is 14.2. The van der Waals surface area contributed by atoms with Crippen molar-refractivity contribution in [2.24, 2.45) is 0 Å². The summed E-state index contributed by atoms with van der Waals surface area (Å²) in [7, 11) is 0. The van der Waals surface area contributed by atoms with Crippen molar-refractivity contribution in [2.45, 2.75) is 13.3 Å². The lowest BCUT2D eigenvalue weighted by atomic mass is 10.1. The maximum absolute atomic E-state index is 13.5.